The molecule has 3 amide bonds. The van der Waals surface area contributed by atoms with E-state index in [2.05, 4.69) is 13.8 Å². The van der Waals surface area contributed by atoms with Gasteiger partial charge in [0.2, 0.25) is 5.91 Å². The Balaban J connectivity index is 1.64. The lowest BCUT2D eigenvalue weighted by molar-refractivity contribution is -0.122. The van der Waals surface area contributed by atoms with Crippen LogP contribution < -0.4 is 4.90 Å². The number of amides is 3. The van der Waals surface area contributed by atoms with Crippen molar-refractivity contribution in [3.05, 3.63) is 89.4 Å². The maximum atomic E-state index is 13.4. The number of furan rings is 1. The minimum atomic E-state index is -0.897. The van der Waals surface area contributed by atoms with Gasteiger partial charge in [-0.3, -0.25) is 14.4 Å². The summed E-state index contributed by atoms with van der Waals surface area (Å²) < 4.78 is 5.30. The maximum absolute atomic E-state index is 13.4. The van der Waals surface area contributed by atoms with Crippen LogP contribution in [0.15, 0.2) is 71.3 Å². The minimum absolute atomic E-state index is 0.0664. The van der Waals surface area contributed by atoms with E-state index in [0.29, 0.717) is 11.6 Å². The van der Waals surface area contributed by atoms with E-state index < -0.39 is 17.9 Å². The molecule has 0 N–H and O–H groups in total. The Labute approximate surface area is 187 Å². The fourth-order valence-corrected chi connectivity index (χ4v) is 3.89. The number of aryl methyl sites for hydroxylation is 1. The van der Waals surface area contributed by atoms with Crippen LogP contribution in [0.4, 0.5) is 5.69 Å². The van der Waals surface area contributed by atoms with E-state index >= 15 is 0 Å². The van der Waals surface area contributed by atoms with Crippen LogP contribution in [-0.4, -0.2) is 28.7 Å². The average molecular weight is 431 g/mol. The summed E-state index contributed by atoms with van der Waals surface area (Å²) >= 11 is 0. The van der Waals surface area contributed by atoms with Crippen molar-refractivity contribution in [2.75, 3.05) is 4.90 Å². The van der Waals surface area contributed by atoms with Crippen molar-refractivity contribution in [3.8, 4) is 0 Å². The number of hydrogen-bond donors (Lipinski definition) is 0. The molecule has 1 atom stereocenters. The molecule has 1 fully saturated rings. The van der Waals surface area contributed by atoms with Crippen molar-refractivity contribution in [1.29, 1.82) is 0 Å². The zero-order valence-corrected chi connectivity index (χ0v) is 18.4. The average Bonchev–Trinajstić information content (AvgIpc) is 3.41. The molecule has 164 valence electrons. The van der Waals surface area contributed by atoms with Crippen molar-refractivity contribution in [1.82, 2.24) is 4.90 Å². The van der Waals surface area contributed by atoms with Crippen molar-refractivity contribution >= 4 is 23.4 Å². The zero-order chi connectivity index (χ0) is 22.8. The first-order valence-electron chi connectivity index (χ1n) is 10.7. The van der Waals surface area contributed by atoms with Gasteiger partial charge in [0.25, 0.3) is 11.8 Å². The Bertz CT molecular complexity index is 1120. The van der Waals surface area contributed by atoms with E-state index in [4.69, 9.17) is 4.42 Å². The highest BCUT2D eigenvalue weighted by molar-refractivity contribution is 6.23. The largest absolute Gasteiger partial charge is 0.459 e. The van der Waals surface area contributed by atoms with Crippen LogP contribution >= 0.6 is 0 Å². The Kier molecular flexibility index (Phi) is 5.95. The van der Waals surface area contributed by atoms with Gasteiger partial charge in [-0.05, 0) is 48.2 Å². The van der Waals surface area contributed by atoms with Crippen LogP contribution in [0.1, 0.15) is 53.4 Å². The molecule has 0 bridgehead atoms. The molecular formula is C26H26N2O4. The summed E-state index contributed by atoms with van der Waals surface area (Å²) in [6, 6.07) is 17.4. The summed E-state index contributed by atoms with van der Waals surface area (Å²) in [6.07, 6.45) is 1.35. The smallest absolute Gasteiger partial charge is 0.290 e. The van der Waals surface area contributed by atoms with Crippen LogP contribution in [0.3, 0.4) is 0 Å². The molecule has 4 rings (SSSR count). The van der Waals surface area contributed by atoms with Gasteiger partial charge in [0.1, 0.15) is 6.04 Å². The van der Waals surface area contributed by atoms with Gasteiger partial charge < -0.3 is 9.32 Å². The number of rotatable bonds is 6. The van der Waals surface area contributed by atoms with E-state index in [1.807, 2.05) is 43.3 Å². The van der Waals surface area contributed by atoms with Crippen LogP contribution in [0.5, 0.6) is 0 Å². The predicted molar refractivity (Wildman–Crippen MR) is 121 cm³/mol. The van der Waals surface area contributed by atoms with Gasteiger partial charge in [-0.15, -0.1) is 0 Å². The highest BCUT2D eigenvalue weighted by Crippen LogP contribution is 2.29. The van der Waals surface area contributed by atoms with E-state index in [9.17, 15) is 14.4 Å². The number of nitrogens with zero attached hydrogens (tertiary/aromatic N) is 2. The second kappa shape index (κ2) is 8.83. The molecule has 1 aromatic heterocycles. The first-order chi connectivity index (χ1) is 15.3. The lowest BCUT2D eigenvalue weighted by Crippen LogP contribution is -2.45. The van der Waals surface area contributed by atoms with Gasteiger partial charge in [-0.25, -0.2) is 4.90 Å². The maximum Gasteiger partial charge on any atom is 0.290 e. The highest BCUT2D eigenvalue weighted by atomic mass is 16.3. The fraction of sp³-hybridized carbons (Fsp3) is 0.269. The summed E-state index contributed by atoms with van der Waals surface area (Å²) in [7, 11) is 0. The first-order valence-corrected chi connectivity index (χ1v) is 10.7. The summed E-state index contributed by atoms with van der Waals surface area (Å²) in [6.45, 7) is 6.35. The normalized spacial score (nSPS) is 16.1. The van der Waals surface area contributed by atoms with Crippen molar-refractivity contribution in [2.45, 2.75) is 45.7 Å². The second-order valence-electron chi connectivity index (χ2n) is 8.43. The standard InChI is InChI=1S/C26H26N2O4/c1-17(2)20-10-12-21(13-11-20)28-24(29)15-22(25(28)30)27(26(31)23-5-4-14-32-23)16-19-8-6-18(3)7-9-19/h4-14,17,22H,15-16H2,1-3H3. The van der Waals surface area contributed by atoms with E-state index in [1.54, 1.807) is 24.3 Å². The molecule has 1 aliphatic heterocycles. The summed E-state index contributed by atoms with van der Waals surface area (Å²) in [4.78, 5) is 42.1. The minimum Gasteiger partial charge on any atom is -0.459 e. The Morgan fingerprint density at radius 3 is 2.34 bits per heavy atom. The van der Waals surface area contributed by atoms with Crippen LogP contribution in [-0.2, 0) is 16.1 Å². The molecule has 0 spiro atoms. The van der Waals surface area contributed by atoms with Crippen molar-refractivity contribution in [2.24, 2.45) is 0 Å². The fourth-order valence-electron chi connectivity index (χ4n) is 3.89. The van der Waals surface area contributed by atoms with Crippen LogP contribution in [0.2, 0.25) is 0 Å². The zero-order valence-electron chi connectivity index (χ0n) is 18.4. The Morgan fingerprint density at radius 2 is 1.75 bits per heavy atom. The SMILES string of the molecule is Cc1ccc(CN(C(=O)c2ccco2)C2CC(=O)N(c3ccc(C(C)C)cc3)C2=O)cc1. The van der Waals surface area contributed by atoms with Crippen molar-refractivity contribution in [3.63, 3.8) is 0 Å². The third-order valence-corrected chi connectivity index (χ3v) is 5.78. The molecule has 2 heterocycles. The number of hydrogen-bond acceptors (Lipinski definition) is 4. The van der Waals surface area contributed by atoms with Crippen LogP contribution in [0, 0.1) is 6.92 Å². The highest BCUT2D eigenvalue weighted by Gasteiger charge is 2.45. The molecule has 6 nitrogen and oxygen atoms in total. The molecule has 3 aromatic rings. The second-order valence-corrected chi connectivity index (χ2v) is 8.43. The number of anilines is 1. The number of benzene rings is 2. The lowest BCUT2D eigenvalue weighted by Gasteiger charge is -2.27. The Hall–Kier alpha value is -3.67. The predicted octanol–water partition coefficient (Wildman–Crippen LogP) is 4.69. The molecule has 1 saturated heterocycles. The first kappa shape index (κ1) is 21.6. The molecule has 6 heteroatoms. The van der Waals surface area contributed by atoms with Gasteiger partial charge in [0.05, 0.1) is 18.4 Å². The molecule has 0 aliphatic carbocycles. The van der Waals surface area contributed by atoms with Gasteiger partial charge in [-0.1, -0.05) is 55.8 Å². The Morgan fingerprint density at radius 1 is 1.06 bits per heavy atom. The van der Waals surface area contributed by atoms with E-state index in [1.165, 1.54) is 16.1 Å². The topological polar surface area (TPSA) is 70.8 Å². The van der Waals surface area contributed by atoms with Gasteiger partial charge in [0.15, 0.2) is 5.76 Å². The summed E-state index contributed by atoms with van der Waals surface area (Å²) in [5.41, 5.74) is 3.61. The van der Waals surface area contributed by atoms with Crippen LogP contribution in [0.25, 0.3) is 0 Å². The van der Waals surface area contributed by atoms with E-state index in [-0.39, 0.29) is 24.6 Å². The molecular weight excluding hydrogens is 404 g/mol. The molecule has 1 unspecified atom stereocenters. The number of carbonyl (C=O) groups is 3. The third kappa shape index (κ3) is 4.21. The number of carbonyl (C=O) groups excluding carboxylic acids is 3. The molecule has 32 heavy (non-hydrogen) atoms. The summed E-state index contributed by atoms with van der Waals surface area (Å²) in [5.74, 6) is -0.661. The molecule has 0 saturated carbocycles. The van der Waals surface area contributed by atoms with Crippen molar-refractivity contribution < 1.29 is 18.8 Å². The summed E-state index contributed by atoms with van der Waals surface area (Å²) in [5, 5.41) is 0. The molecule has 0 radical (unpaired) electrons. The molecule has 2 aromatic carbocycles. The monoisotopic (exact) mass is 430 g/mol. The van der Waals surface area contributed by atoms with Gasteiger partial charge in [-0.2, -0.15) is 0 Å². The van der Waals surface area contributed by atoms with Gasteiger partial charge >= 0.3 is 0 Å². The third-order valence-electron chi connectivity index (χ3n) is 5.78. The van der Waals surface area contributed by atoms with E-state index in [0.717, 1.165) is 16.7 Å². The van der Waals surface area contributed by atoms with Gasteiger partial charge in [0, 0.05) is 6.54 Å². The lowest BCUT2D eigenvalue weighted by atomic mass is 10.0. The quantitative estimate of drug-likeness (QED) is 0.532. The number of imide groups is 1. The molecule has 1 aliphatic rings.